The maximum Gasteiger partial charge on any atom is 0.338 e. The van der Waals surface area contributed by atoms with Crippen LogP contribution in [0.5, 0.6) is 11.5 Å². The van der Waals surface area contributed by atoms with Crippen LogP contribution < -0.4 is 9.47 Å². The van der Waals surface area contributed by atoms with E-state index in [1.54, 1.807) is 27.2 Å². The molecule has 204 valence electrons. The summed E-state index contributed by atoms with van der Waals surface area (Å²) < 4.78 is 22.2. The predicted octanol–water partition coefficient (Wildman–Crippen LogP) is 4.23. The van der Waals surface area contributed by atoms with Crippen molar-refractivity contribution >= 4 is 34.5 Å². The summed E-state index contributed by atoms with van der Waals surface area (Å²) in [6, 6.07) is 14.4. The fraction of sp³-hybridized carbons (Fsp3) is 0.345. The number of hydrogen-bond donors (Lipinski definition) is 0. The summed E-state index contributed by atoms with van der Waals surface area (Å²) in [5.41, 5.74) is 3.19. The van der Waals surface area contributed by atoms with E-state index in [0.717, 1.165) is 16.8 Å². The molecule has 2 aromatic rings. The van der Waals surface area contributed by atoms with Gasteiger partial charge in [-0.2, -0.15) is 0 Å². The number of methoxy groups -OCH3 is 2. The maximum absolute atomic E-state index is 13.7. The van der Waals surface area contributed by atoms with Crippen molar-refractivity contribution in [1.29, 1.82) is 0 Å². The number of carbonyl (C=O) groups is 2. The molecule has 2 aromatic carbocycles. The van der Waals surface area contributed by atoms with Gasteiger partial charge in [-0.25, -0.2) is 9.79 Å². The second-order valence-electron chi connectivity index (χ2n) is 9.02. The smallest absolute Gasteiger partial charge is 0.338 e. The van der Waals surface area contributed by atoms with Gasteiger partial charge in [-0.15, -0.1) is 0 Å². The molecular weight excluding hydrogens is 518 g/mol. The molecule has 0 saturated carbocycles. The van der Waals surface area contributed by atoms with Gasteiger partial charge in [-0.05, 0) is 24.5 Å². The van der Waals surface area contributed by atoms with Crippen LogP contribution in [-0.4, -0.2) is 74.0 Å². The van der Waals surface area contributed by atoms with Crippen LogP contribution in [0.2, 0.25) is 0 Å². The van der Waals surface area contributed by atoms with Crippen LogP contribution >= 0.6 is 11.8 Å². The lowest BCUT2D eigenvalue weighted by Crippen LogP contribution is -2.42. The van der Waals surface area contributed by atoms with Crippen molar-refractivity contribution in [3.63, 3.8) is 0 Å². The van der Waals surface area contributed by atoms with E-state index in [9.17, 15) is 9.59 Å². The molecule has 39 heavy (non-hydrogen) atoms. The van der Waals surface area contributed by atoms with Gasteiger partial charge in [0.25, 0.3) is 0 Å². The third kappa shape index (κ3) is 5.39. The predicted molar refractivity (Wildman–Crippen MR) is 149 cm³/mol. The molecule has 0 spiro atoms. The Bertz CT molecular complexity index is 1330. The number of thioether (sulfide) groups is 1. The van der Waals surface area contributed by atoms with Gasteiger partial charge in [0, 0.05) is 36.0 Å². The summed E-state index contributed by atoms with van der Waals surface area (Å²) in [5.74, 6) is 0.699. The Morgan fingerprint density at radius 2 is 1.85 bits per heavy atom. The molecule has 0 aromatic heterocycles. The van der Waals surface area contributed by atoms with Crippen LogP contribution in [0, 0.1) is 0 Å². The number of fused-ring (bicyclic) bond motifs is 1. The number of carbonyl (C=O) groups excluding carboxylic acids is 2. The maximum atomic E-state index is 13.7. The number of aliphatic imine (C=N–C) groups is 1. The highest BCUT2D eigenvalue weighted by molar-refractivity contribution is 8.16. The Morgan fingerprint density at radius 1 is 1.08 bits per heavy atom. The van der Waals surface area contributed by atoms with Crippen LogP contribution in [0.15, 0.2) is 70.2 Å². The van der Waals surface area contributed by atoms with Crippen molar-refractivity contribution in [2.45, 2.75) is 19.4 Å². The topological polar surface area (TPSA) is 89.9 Å². The van der Waals surface area contributed by atoms with Gasteiger partial charge in [0.05, 0.1) is 57.8 Å². The number of benzene rings is 2. The first-order chi connectivity index (χ1) is 19.0. The summed E-state index contributed by atoms with van der Waals surface area (Å²) in [7, 11) is 3.17. The zero-order chi connectivity index (χ0) is 27.4. The number of rotatable bonds is 8. The number of amides is 1. The normalized spacial score (nSPS) is 18.8. The Hall–Kier alpha value is -3.76. The van der Waals surface area contributed by atoms with Crippen LogP contribution in [0.1, 0.15) is 30.5 Å². The number of hydrogen-bond acceptors (Lipinski definition) is 9. The van der Waals surface area contributed by atoms with E-state index < -0.39 is 12.0 Å². The minimum Gasteiger partial charge on any atom is -0.497 e. The van der Waals surface area contributed by atoms with E-state index in [1.807, 2.05) is 57.7 Å². The van der Waals surface area contributed by atoms with E-state index in [0.29, 0.717) is 54.2 Å². The molecule has 9 nitrogen and oxygen atoms in total. The molecule has 0 unspecified atom stereocenters. The first-order valence-corrected chi connectivity index (χ1v) is 13.7. The molecule has 1 amide bonds. The number of ether oxygens (including phenoxy) is 4. The Balaban J connectivity index is 1.65. The Kier molecular flexibility index (Phi) is 8.23. The minimum atomic E-state index is -0.647. The van der Waals surface area contributed by atoms with E-state index in [1.165, 1.54) is 11.8 Å². The van der Waals surface area contributed by atoms with Gasteiger partial charge in [0.1, 0.15) is 11.5 Å². The molecule has 3 heterocycles. The average molecular weight is 550 g/mol. The molecule has 1 atom stereocenters. The molecule has 1 fully saturated rings. The van der Waals surface area contributed by atoms with Gasteiger partial charge in [-0.3, -0.25) is 4.79 Å². The summed E-state index contributed by atoms with van der Waals surface area (Å²) in [5, 5.41) is 2.62. The largest absolute Gasteiger partial charge is 0.497 e. The molecule has 3 aliphatic rings. The van der Waals surface area contributed by atoms with Crippen molar-refractivity contribution in [3.8, 4) is 11.5 Å². The molecule has 0 bridgehead atoms. The monoisotopic (exact) mass is 549 g/mol. The summed E-state index contributed by atoms with van der Waals surface area (Å²) >= 11 is 1.43. The SMILES string of the molecule is CCOC(=O)C1=C(c2ccccc2)N=C2SC=C(CC(=O)N3CCOCC3)N2[C@@H]1c1ccc(OC)cc1OC. The van der Waals surface area contributed by atoms with Gasteiger partial charge in [-0.1, -0.05) is 42.1 Å². The van der Waals surface area contributed by atoms with Crippen molar-refractivity contribution in [1.82, 2.24) is 9.80 Å². The van der Waals surface area contributed by atoms with Crippen LogP contribution in [-0.2, 0) is 19.1 Å². The summed E-state index contributed by atoms with van der Waals surface area (Å²) in [4.78, 5) is 35.7. The lowest BCUT2D eigenvalue weighted by atomic mass is 9.90. The zero-order valence-corrected chi connectivity index (χ0v) is 23.0. The van der Waals surface area contributed by atoms with Crippen LogP contribution in [0.3, 0.4) is 0 Å². The molecular formula is C29H31N3O6S. The van der Waals surface area contributed by atoms with Crippen molar-refractivity contribution in [2.75, 3.05) is 47.1 Å². The van der Waals surface area contributed by atoms with Crippen LogP contribution in [0.25, 0.3) is 5.70 Å². The van der Waals surface area contributed by atoms with Gasteiger partial charge in [0.15, 0.2) is 5.17 Å². The van der Waals surface area contributed by atoms with Crippen molar-refractivity contribution in [3.05, 3.63) is 76.3 Å². The Morgan fingerprint density at radius 3 is 2.54 bits per heavy atom. The molecule has 0 radical (unpaired) electrons. The summed E-state index contributed by atoms with van der Waals surface area (Å²) in [6.07, 6.45) is 0.164. The lowest BCUT2D eigenvalue weighted by molar-refractivity contribution is -0.139. The number of nitrogens with zero attached hydrogens (tertiary/aromatic N) is 3. The lowest BCUT2D eigenvalue weighted by Gasteiger charge is -2.37. The number of esters is 1. The second kappa shape index (κ2) is 12.0. The van der Waals surface area contributed by atoms with E-state index in [-0.39, 0.29) is 18.9 Å². The van der Waals surface area contributed by atoms with E-state index in [2.05, 4.69) is 0 Å². The highest BCUT2D eigenvalue weighted by Crippen LogP contribution is 2.49. The van der Waals surface area contributed by atoms with E-state index in [4.69, 9.17) is 23.9 Å². The summed E-state index contributed by atoms with van der Waals surface area (Å²) in [6.45, 7) is 4.15. The molecule has 5 rings (SSSR count). The van der Waals surface area contributed by atoms with Crippen molar-refractivity contribution < 1.29 is 28.5 Å². The van der Waals surface area contributed by atoms with Crippen LogP contribution in [0.4, 0.5) is 0 Å². The quantitative estimate of drug-likeness (QED) is 0.452. The molecule has 0 N–H and O–H groups in total. The van der Waals surface area contributed by atoms with E-state index >= 15 is 0 Å². The van der Waals surface area contributed by atoms with Gasteiger partial charge >= 0.3 is 5.97 Å². The zero-order valence-electron chi connectivity index (χ0n) is 22.2. The number of amidine groups is 1. The molecule has 1 saturated heterocycles. The fourth-order valence-corrected chi connectivity index (χ4v) is 5.83. The first-order valence-electron chi connectivity index (χ1n) is 12.8. The number of morpholine rings is 1. The molecule has 3 aliphatic heterocycles. The highest BCUT2D eigenvalue weighted by atomic mass is 32.2. The second-order valence-corrected chi connectivity index (χ2v) is 9.86. The van der Waals surface area contributed by atoms with Gasteiger partial charge < -0.3 is 28.7 Å². The van der Waals surface area contributed by atoms with Gasteiger partial charge in [0.2, 0.25) is 5.91 Å². The molecule has 10 heteroatoms. The highest BCUT2D eigenvalue weighted by Gasteiger charge is 2.43. The average Bonchev–Trinajstić information content (AvgIpc) is 3.39. The first kappa shape index (κ1) is 26.8. The third-order valence-corrected chi connectivity index (χ3v) is 7.67. The minimum absolute atomic E-state index is 0.00219. The third-order valence-electron chi connectivity index (χ3n) is 6.78. The van der Waals surface area contributed by atoms with Crippen molar-refractivity contribution in [2.24, 2.45) is 4.99 Å². The Labute approximate surface area is 232 Å². The molecule has 0 aliphatic carbocycles. The fourth-order valence-electron chi connectivity index (χ4n) is 4.91. The standard InChI is InChI=1S/C29H31N3O6S/c1-4-38-28(34)25-26(19-8-6-5-7-9-19)30-29-32(27(25)22-11-10-21(35-2)17-23(22)36-3)20(18-39-29)16-24(33)31-12-14-37-15-13-31/h5-11,17-18,27H,4,12-16H2,1-3H3/t27-/m1/s1.